The van der Waals surface area contributed by atoms with Gasteiger partial charge in [0.2, 0.25) is 0 Å². The SMILES string of the molecule is Cc1ccc(Cl)c(C(=O)O)c1NC(=O)OCc1ccccc1. The number of rotatable bonds is 4. The molecule has 6 heteroatoms. The molecule has 0 saturated carbocycles. The molecule has 114 valence electrons. The monoisotopic (exact) mass is 319 g/mol. The molecular weight excluding hydrogens is 306 g/mol. The van der Waals surface area contributed by atoms with Crippen LogP contribution in [0.1, 0.15) is 21.5 Å². The summed E-state index contributed by atoms with van der Waals surface area (Å²) >= 11 is 5.88. The number of halogens is 1. The van der Waals surface area contributed by atoms with Gasteiger partial charge in [0.15, 0.2) is 0 Å². The lowest BCUT2D eigenvalue weighted by Gasteiger charge is -2.13. The Morgan fingerprint density at radius 1 is 1.18 bits per heavy atom. The third-order valence-electron chi connectivity index (χ3n) is 3.02. The second-order valence-electron chi connectivity index (χ2n) is 4.61. The number of anilines is 1. The number of nitrogens with one attached hydrogen (secondary N) is 1. The molecule has 0 bridgehead atoms. The van der Waals surface area contributed by atoms with Crippen molar-refractivity contribution in [2.24, 2.45) is 0 Å². The highest BCUT2D eigenvalue weighted by Gasteiger charge is 2.19. The van der Waals surface area contributed by atoms with E-state index in [9.17, 15) is 14.7 Å². The van der Waals surface area contributed by atoms with Crippen LogP contribution in [0.25, 0.3) is 0 Å². The first-order valence-corrected chi connectivity index (χ1v) is 6.87. The van der Waals surface area contributed by atoms with Crippen molar-refractivity contribution >= 4 is 29.4 Å². The molecule has 0 aliphatic rings. The van der Waals surface area contributed by atoms with Crippen molar-refractivity contribution in [1.29, 1.82) is 0 Å². The number of carbonyl (C=O) groups excluding carboxylic acids is 1. The maximum Gasteiger partial charge on any atom is 0.411 e. The molecule has 2 rings (SSSR count). The molecule has 0 aromatic heterocycles. The number of aryl methyl sites for hydroxylation is 1. The zero-order valence-electron chi connectivity index (χ0n) is 11.8. The molecule has 0 radical (unpaired) electrons. The maximum absolute atomic E-state index is 11.9. The van der Waals surface area contributed by atoms with E-state index in [1.165, 1.54) is 6.07 Å². The Morgan fingerprint density at radius 3 is 2.50 bits per heavy atom. The van der Waals surface area contributed by atoms with E-state index in [4.69, 9.17) is 16.3 Å². The van der Waals surface area contributed by atoms with Crippen molar-refractivity contribution in [3.05, 3.63) is 64.2 Å². The van der Waals surface area contributed by atoms with Gasteiger partial charge in [0.05, 0.1) is 10.7 Å². The number of amides is 1. The molecule has 0 aliphatic carbocycles. The highest BCUT2D eigenvalue weighted by atomic mass is 35.5. The van der Waals surface area contributed by atoms with Gasteiger partial charge in [-0.3, -0.25) is 5.32 Å². The van der Waals surface area contributed by atoms with Gasteiger partial charge >= 0.3 is 12.1 Å². The van der Waals surface area contributed by atoms with Crippen molar-refractivity contribution in [1.82, 2.24) is 0 Å². The summed E-state index contributed by atoms with van der Waals surface area (Å²) in [4.78, 5) is 23.1. The van der Waals surface area contributed by atoms with Gasteiger partial charge in [-0.05, 0) is 24.1 Å². The van der Waals surface area contributed by atoms with Crippen LogP contribution in [0.4, 0.5) is 10.5 Å². The molecule has 5 nitrogen and oxygen atoms in total. The topological polar surface area (TPSA) is 75.6 Å². The fourth-order valence-corrected chi connectivity index (χ4v) is 2.15. The Kier molecular flexibility index (Phi) is 5.01. The van der Waals surface area contributed by atoms with E-state index in [0.717, 1.165) is 5.56 Å². The lowest BCUT2D eigenvalue weighted by molar-refractivity contribution is 0.0698. The number of carbonyl (C=O) groups is 2. The van der Waals surface area contributed by atoms with Gasteiger partial charge in [0.25, 0.3) is 0 Å². The van der Waals surface area contributed by atoms with Gasteiger partial charge in [0, 0.05) is 0 Å². The van der Waals surface area contributed by atoms with E-state index in [0.29, 0.717) is 5.56 Å². The van der Waals surface area contributed by atoms with Crippen LogP contribution in [0.5, 0.6) is 0 Å². The molecule has 2 aromatic rings. The van der Waals surface area contributed by atoms with Crippen molar-refractivity contribution in [3.63, 3.8) is 0 Å². The maximum atomic E-state index is 11.9. The lowest BCUT2D eigenvalue weighted by atomic mass is 10.1. The number of ether oxygens (including phenoxy) is 1. The molecule has 0 heterocycles. The Bertz CT molecular complexity index is 701. The summed E-state index contributed by atoms with van der Waals surface area (Å²) in [5.74, 6) is -1.22. The predicted molar refractivity (Wildman–Crippen MR) is 83.4 cm³/mol. The quantitative estimate of drug-likeness (QED) is 0.889. The van der Waals surface area contributed by atoms with Crippen LogP contribution in [0.2, 0.25) is 5.02 Å². The largest absolute Gasteiger partial charge is 0.478 e. The minimum absolute atomic E-state index is 0.0523. The molecule has 0 spiro atoms. The average Bonchev–Trinajstić information content (AvgIpc) is 2.49. The zero-order valence-corrected chi connectivity index (χ0v) is 12.6. The van der Waals surface area contributed by atoms with Crippen LogP contribution in [-0.4, -0.2) is 17.2 Å². The number of benzene rings is 2. The minimum atomic E-state index is -1.22. The third kappa shape index (κ3) is 3.77. The van der Waals surface area contributed by atoms with Gasteiger partial charge in [0.1, 0.15) is 12.2 Å². The number of hydrogen-bond donors (Lipinski definition) is 2. The number of hydrogen-bond acceptors (Lipinski definition) is 3. The molecule has 0 fully saturated rings. The smallest absolute Gasteiger partial charge is 0.411 e. The van der Waals surface area contributed by atoms with Gasteiger partial charge in [-0.1, -0.05) is 48.0 Å². The lowest BCUT2D eigenvalue weighted by Crippen LogP contribution is -2.17. The Labute approximate surface area is 132 Å². The molecule has 0 atom stereocenters. The van der Waals surface area contributed by atoms with E-state index in [2.05, 4.69) is 5.32 Å². The first-order valence-electron chi connectivity index (χ1n) is 6.49. The van der Waals surface area contributed by atoms with Gasteiger partial charge in [-0.15, -0.1) is 0 Å². The standard InChI is InChI=1S/C16H14ClNO4/c1-10-7-8-12(17)13(15(19)20)14(10)18-16(21)22-9-11-5-3-2-4-6-11/h2-8H,9H2,1H3,(H,18,21)(H,19,20). The fourth-order valence-electron chi connectivity index (χ4n) is 1.91. The van der Waals surface area contributed by atoms with Crippen LogP contribution in [0.3, 0.4) is 0 Å². The van der Waals surface area contributed by atoms with E-state index < -0.39 is 12.1 Å². The van der Waals surface area contributed by atoms with Crippen LogP contribution in [0.15, 0.2) is 42.5 Å². The average molecular weight is 320 g/mol. The molecule has 22 heavy (non-hydrogen) atoms. The van der Waals surface area contributed by atoms with E-state index in [1.807, 2.05) is 30.3 Å². The zero-order chi connectivity index (χ0) is 16.1. The van der Waals surface area contributed by atoms with E-state index in [-0.39, 0.29) is 22.9 Å². The van der Waals surface area contributed by atoms with Crippen molar-refractivity contribution in [3.8, 4) is 0 Å². The van der Waals surface area contributed by atoms with Gasteiger partial charge in [-0.25, -0.2) is 9.59 Å². The molecule has 0 saturated heterocycles. The highest BCUT2D eigenvalue weighted by Crippen LogP contribution is 2.28. The minimum Gasteiger partial charge on any atom is -0.478 e. The Morgan fingerprint density at radius 2 is 1.86 bits per heavy atom. The first kappa shape index (κ1) is 15.9. The molecule has 2 N–H and O–H groups in total. The molecular formula is C16H14ClNO4. The van der Waals surface area contributed by atoms with Gasteiger partial charge < -0.3 is 9.84 Å². The molecule has 0 unspecified atom stereocenters. The Hall–Kier alpha value is -2.53. The number of carboxylic acid groups (broad SMARTS) is 1. The van der Waals surface area contributed by atoms with Crippen molar-refractivity contribution in [2.45, 2.75) is 13.5 Å². The molecule has 0 aliphatic heterocycles. The first-order chi connectivity index (χ1) is 10.5. The summed E-state index contributed by atoms with van der Waals surface area (Å²) in [5, 5.41) is 11.7. The van der Waals surface area contributed by atoms with Crippen LogP contribution in [0, 0.1) is 6.92 Å². The molecule has 1 amide bonds. The molecule has 2 aromatic carbocycles. The number of aromatic carboxylic acids is 1. The van der Waals surface area contributed by atoms with Crippen LogP contribution < -0.4 is 5.32 Å². The van der Waals surface area contributed by atoms with E-state index >= 15 is 0 Å². The second-order valence-corrected chi connectivity index (χ2v) is 5.01. The van der Waals surface area contributed by atoms with E-state index in [1.54, 1.807) is 13.0 Å². The Balaban J connectivity index is 2.12. The summed E-state index contributed by atoms with van der Waals surface area (Å²) in [7, 11) is 0. The summed E-state index contributed by atoms with van der Waals surface area (Å²) in [6, 6.07) is 12.3. The van der Waals surface area contributed by atoms with Gasteiger partial charge in [-0.2, -0.15) is 0 Å². The summed E-state index contributed by atoms with van der Waals surface area (Å²) in [6.45, 7) is 1.77. The normalized spacial score (nSPS) is 10.1. The van der Waals surface area contributed by atoms with Crippen molar-refractivity contribution in [2.75, 3.05) is 5.32 Å². The predicted octanol–water partition coefficient (Wildman–Crippen LogP) is 4.10. The second kappa shape index (κ2) is 6.95. The highest BCUT2D eigenvalue weighted by molar-refractivity contribution is 6.34. The third-order valence-corrected chi connectivity index (χ3v) is 3.33. The van der Waals surface area contributed by atoms with Crippen LogP contribution >= 0.6 is 11.6 Å². The van der Waals surface area contributed by atoms with Crippen molar-refractivity contribution < 1.29 is 19.4 Å². The summed E-state index contributed by atoms with van der Waals surface area (Å²) < 4.78 is 5.08. The van der Waals surface area contributed by atoms with Crippen LogP contribution in [-0.2, 0) is 11.3 Å². The fraction of sp³-hybridized carbons (Fsp3) is 0.125. The summed E-state index contributed by atoms with van der Waals surface area (Å²) in [6.07, 6.45) is -0.739. The summed E-state index contributed by atoms with van der Waals surface area (Å²) in [5.41, 5.74) is 1.40. The number of carboxylic acids is 1.